The first-order valence-electron chi connectivity index (χ1n) is 4.42. The van der Waals surface area contributed by atoms with Crippen molar-refractivity contribution in [3.05, 3.63) is 35.5 Å². The number of nitrogens with zero attached hydrogens (tertiary/aromatic N) is 1. The van der Waals surface area contributed by atoms with Crippen LogP contribution < -0.4 is 0 Å². The molecule has 0 saturated carbocycles. The van der Waals surface area contributed by atoms with Crippen LogP contribution in [-0.2, 0) is 11.2 Å². The number of aromatic nitrogens is 1. The SMILES string of the molecule is N#Cc1ccc2c(CC(=O)O)c[nH]c2c1. The van der Waals surface area contributed by atoms with Gasteiger partial charge in [-0.1, -0.05) is 6.07 Å². The van der Waals surface area contributed by atoms with Crippen molar-refractivity contribution < 1.29 is 9.90 Å². The second kappa shape index (κ2) is 3.46. The molecule has 4 nitrogen and oxygen atoms in total. The lowest BCUT2D eigenvalue weighted by atomic mass is 10.1. The van der Waals surface area contributed by atoms with Gasteiger partial charge in [0.15, 0.2) is 0 Å². The van der Waals surface area contributed by atoms with E-state index in [2.05, 4.69) is 4.98 Å². The molecule has 0 aliphatic carbocycles. The fourth-order valence-corrected chi connectivity index (χ4v) is 1.57. The smallest absolute Gasteiger partial charge is 0.307 e. The lowest BCUT2D eigenvalue weighted by molar-refractivity contribution is -0.136. The minimum absolute atomic E-state index is 0.00804. The predicted molar refractivity (Wildman–Crippen MR) is 54.4 cm³/mol. The van der Waals surface area contributed by atoms with Gasteiger partial charge in [-0.15, -0.1) is 0 Å². The quantitative estimate of drug-likeness (QED) is 0.774. The number of nitriles is 1. The summed E-state index contributed by atoms with van der Waals surface area (Å²) in [6.07, 6.45) is 1.66. The highest BCUT2D eigenvalue weighted by atomic mass is 16.4. The molecule has 0 fully saturated rings. The van der Waals surface area contributed by atoms with Crippen molar-refractivity contribution in [3.63, 3.8) is 0 Å². The molecule has 0 bridgehead atoms. The highest BCUT2D eigenvalue weighted by Crippen LogP contribution is 2.19. The Balaban J connectivity index is 2.53. The number of aromatic amines is 1. The van der Waals surface area contributed by atoms with Gasteiger partial charge in [0.1, 0.15) is 0 Å². The Bertz CT molecular complexity index is 563. The lowest BCUT2D eigenvalue weighted by Crippen LogP contribution is -1.98. The molecule has 15 heavy (non-hydrogen) atoms. The van der Waals surface area contributed by atoms with Crippen LogP contribution in [0.1, 0.15) is 11.1 Å². The van der Waals surface area contributed by atoms with Gasteiger partial charge in [0.25, 0.3) is 0 Å². The minimum Gasteiger partial charge on any atom is -0.481 e. The van der Waals surface area contributed by atoms with Gasteiger partial charge in [0.2, 0.25) is 0 Å². The molecule has 1 aromatic carbocycles. The summed E-state index contributed by atoms with van der Waals surface area (Å²) in [6.45, 7) is 0. The summed E-state index contributed by atoms with van der Waals surface area (Å²) in [5, 5.41) is 18.2. The van der Waals surface area contributed by atoms with Crippen molar-refractivity contribution in [1.29, 1.82) is 5.26 Å². The molecule has 2 N–H and O–H groups in total. The van der Waals surface area contributed by atoms with Crippen molar-refractivity contribution in [1.82, 2.24) is 4.98 Å². The summed E-state index contributed by atoms with van der Waals surface area (Å²) in [6, 6.07) is 7.19. The third-order valence-electron chi connectivity index (χ3n) is 2.24. The standard InChI is InChI=1S/C11H8N2O2/c12-5-7-1-2-9-8(4-11(14)15)6-13-10(9)3-7/h1-3,6,13H,4H2,(H,14,15). The maximum absolute atomic E-state index is 10.6. The van der Waals surface area contributed by atoms with Gasteiger partial charge < -0.3 is 10.1 Å². The molecular formula is C11H8N2O2. The summed E-state index contributed by atoms with van der Waals surface area (Å²) in [5.41, 5.74) is 2.10. The van der Waals surface area contributed by atoms with Gasteiger partial charge in [0, 0.05) is 17.1 Å². The molecule has 1 aromatic heterocycles. The first-order valence-corrected chi connectivity index (χ1v) is 4.42. The highest BCUT2D eigenvalue weighted by Gasteiger charge is 2.07. The van der Waals surface area contributed by atoms with E-state index >= 15 is 0 Å². The number of rotatable bonds is 2. The van der Waals surface area contributed by atoms with E-state index in [1.54, 1.807) is 24.4 Å². The Hall–Kier alpha value is -2.28. The van der Waals surface area contributed by atoms with Crippen LogP contribution in [0.15, 0.2) is 24.4 Å². The average Bonchev–Trinajstić information content (AvgIpc) is 2.60. The van der Waals surface area contributed by atoms with E-state index in [0.29, 0.717) is 5.56 Å². The minimum atomic E-state index is -0.861. The van der Waals surface area contributed by atoms with Gasteiger partial charge in [0.05, 0.1) is 18.1 Å². The number of carbonyl (C=O) groups is 1. The van der Waals surface area contributed by atoms with Crippen LogP contribution in [-0.4, -0.2) is 16.1 Å². The van der Waals surface area contributed by atoms with Crippen LogP contribution in [0.4, 0.5) is 0 Å². The maximum Gasteiger partial charge on any atom is 0.307 e. The number of nitrogens with one attached hydrogen (secondary N) is 1. The zero-order chi connectivity index (χ0) is 10.8. The fraction of sp³-hybridized carbons (Fsp3) is 0.0909. The van der Waals surface area contributed by atoms with Crippen molar-refractivity contribution in [2.45, 2.75) is 6.42 Å². The number of benzene rings is 1. The topological polar surface area (TPSA) is 76.9 Å². The maximum atomic E-state index is 10.6. The van der Waals surface area contributed by atoms with Gasteiger partial charge in [-0.05, 0) is 17.7 Å². The van der Waals surface area contributed by atoms with E-state index in [1.807, 2.05) is 6.07 Å². The van der Waals surface area contributed by atoms with Crippen LogP contribution >= 0.6 is 0 Å². The van der Waals surface area contributed by atoms with Crippen molar-refractivity contribution >= 4 is 16.9 Å². The normalized spacial score (nSPS) is 10.1. The second-order valence-electron chi connectivity index (χ2n) is 3.26. The van der Waals surface area contributed by atoms with E-state index in [1.165, 1.54) is 0 Å². The number of hydrogen-bond acceptors (Lipinski definition) is 2. The summed E-state index contributed by atoms with van der Waals surface area (Å²) < 4.78 is 0. The fourth-order valence-electron chi connectivity index (χ4n) is 1.57. The zero-order valence-electron chi connectivity index (χ0n) is 7.82. The molecular weight excluding hydrogens is 192 g/mol. The molecule has 4 heteroatoms. The first-order chi connectivity index (χ1) is 7.20. The molecule has 1 heterocycles. The Kier molecular flexibility index (Phi) is 2.14. The molecule has 74 valence electrons. The third kappa shape index (κ3) is 1.67. The van der Waals surface area contributed by atoms with Crippen LogP contribution in [0.2, 0.25) is 0 Å². The number of hydrogen-bond donors (Lipinski definition) is 2. The van der Waals surface area contributed by atoms with Crippen molar-refractivity contribution in [3.8, 4) is 6.07 Å². The Morgan fingerprint density at radius 3 is 3.00 bits per heavy atom. The van der Waals surface area contributed by atoms with Crippen molar-refractivity contribution in [2.75, 3.05) is 0 Å². The number of carboxylic acid groups (broad SMARTS) is 1. The molecule has 0 atom stereocenters. The number of fused-ring (bicyclic) bond motifs is 1. The molecule has 0 aliphatic heterocycles. The van der Waals surface area contributed by atoms with E-state index in [9.17, 15) is 4.79 Å². The second-order valence-corrected chi connectivity index (χ2v) is 3.26. The van der Waals surface area contributed by atoms with E-state index in [4.69, 9.17) is 10.4 Å². The highest BCUT2D eigenvalue weighted by molar-refractivity contribution is 5.87. The van der Waals surface area contributed by atoms with Gasteiger partial charge in [-0.25, -0.2) is 0 Å². The molecule has 0 unspecified atom stereocenters. The number of aliphatic carboxylic acids is 1. The molecule has 0 radical (unpaired) electrons. The number of H-pyrrole nitrogens is 1. The summed E-state index contributed by atoms with van der Waals surface area (Å²) in [4.78, 5) is 13.5. The van der Waals surface area contributed by atoms with E-state index < -0.39 is 5.97 Å². The summed E-state index contributed by atoms with van der Waals surface area (Å²) in [7, 11) is 0. The molecule has 2 rings (SSSR count). The third-order valence-corrected chi connectivity index (χ3v) is 2.24. The van der Waals surface area contributed by atoms with Crippen LogP contribution in [0, 0.1) is 11.3 Å². The Morgan fingerprint density at radius 2 is 2.33 bits per heavy atom. The first kappa shape index (κ1) is 9.28. The Labute approximate surface area is 85.8 Å². The van der Waals surface area contributed by atoms with E-state index in [0.717, 1.165) is 16.5 Å². The predicted octanol–water partition coefficient (Wildman–Crippen LogP) is 1.67. The molecule has 0 spiro atoms. The molecule has 0 amide bonds. The van der Waals surface area contributed by atoms with E-state index in [-0.39, 0.29) is 6.42 Å². The number of carboxylic acids is 1. The van der Waals surface area contributed by atoms with Gasteiger partial charge in [-0.3, -0.25) is 4.79 Å². The molecule has 0 saturated heterocycles. The lowest BCUT2D eigenvalue weighted by Gasteiger charge is -1.94. The van der Waals surface area contributed by atoms with Crippen LogP contribution in [0.3, 0.4) is 0 Å². The van der Waals surface area contributed by atoms with Gasteiger partial charge in [-0.2, -0.15) is 5.26 Å². The molecule has 0 aliphatic rings. The van der Waals surface area contributed by atoms with Gasteiger partial charge >= 0.3 is 5.97 Å². The van der Waals surface area contributed by atoms with Crippen LogP contribution in [0.5, 0.6) is 0 Å². The zero-order valence-corrected chi connectivity index (χ0v) is 7.82. The monoisotopic (exact) mass is 200 g/mol. The molecule has 2 aromatic rings. The Morgan fingerprint density at radius 1 is 1.53 bits per heavy atom. The summed E-state index contributed by atoms with van der Waals surface area (Å²) >= 11 is 0. The van der Waals surface area contributed by atoms with Crippen LogP contribution in [0.25, 0.3) is 10.9 Å². The van der Waals surface area contributed by atoms with Crippen molar-refractivity contribution in [2.24, 2.45) is 0 Å². The largest absolute Gasteiger partial charge is 0.481 e. The average molecular weight is 200 g/mol. The summed E-state index contributed by atoms with van der Waals surface area (Å²) in [5.74, 6) is -0.861.